The third kappa shape index (κ3) is 5.03. The molecule has 3 fully saturated rings. The summed E-state index contributed by atoms with van der Waals surface area (Å²) in [4.78, 5) is 29.5. The fraction of sp³-hybridized carbons (Fsp3) is 0.636. The number of carbonyl (C=O) groups excluding carboxylic acids is 2. The van der Waals surface area contributed by atoms with Crippen molar-refractivity contribution >= 4 is 27.6 Å². The highest BCUT2D eigenvalue weighted by Gasteiger charge is 2.39. The van der Waals surface area contributed by atoms with Gasteiger partial charge in [0.1, 0.15) is 0 Å². The zero-order valence-corrected chi connectivity index (χ0v) is 18.9. The van der Waals surface area contributed by atoms with E-state index in [4.69, 9.17) is 0 Å². The van der Waals surface area contributed by atoms with Gasteiger partial charge in [-0.15, -0.1) is 0 Å². The van der Waals surface area contributed by atoms with Crippen LogP contribution in [-0.4, -0.2) is 79.0 Å². The van der Waals surface area contributed by atoms with Crippen LogP contribution in [0, 0.1) is 12.8 Å². The lowest BCUT2D eigenvalue weighted by molar-refractivity contribution is -0.138. The van der Waals surface area contributed by atoms with Crippen LogP contribution in [0.25, 0.3) is 0 Å². The monoisotopic (exact) mass is 448 g/mol. The Bertz CT molecular complexity index is 935. The largest absolute Gasteiger partial charge is 0.341 e. The molecule has 0 unspecified atom stereocenters. The molecule has 9 heteroatoms. The highest BCUT2D eigenvalue weighted by atomic mass is 32.2. The minimum Gasteiger partial charge on any atom is -0.341 e. The number of rotatable bonds is 3. The second kappa shape index (κ2) is 9.16. The van der Waals surface area contributed by atoms with Gasteiger partial charge in [0.2, 0.25) is 15.9 Å². The zero-order valence-electron chi connectivity index (χ0n) is 18.1. The molecule has 8 nitrogen and oxygen atoms in total. The number of anilines is 1. The molecule has 2 atom stereocenters. The van der Waals surface area contributed by atoms with E-state index in [1.54, 1.807) is 9.21 Å². The fourth-order valence-electron chi connectivity index (χ4n) is 5.01. The third-order valence-electron chi connectivity index (χ3n) is 6.58. The van der Waals surface area contributed by atoms with Gasteiger partial charge < -0.3 is 15.1 Å². The minimum absolute atomic E-state index is 0.0503. The van der Waals surface area contributed by atoms with Crippen LogP contribution in [0.1, 0.15) is 37.7 Å². The average Bonchev–Trinajstić information content (AvgIpc) is 3.12. The van der Waals surface area contributed by atoms with E-state index in [1.165, 1.54) is 0 Å². The Morgan fingerprint density at radius 3 is 2.52 bits per heavy atom. The van der Waals surface area contributed by atoms with Crippen molar-refractivity contribution in [3.8, 4) is 0 Å². The van der Waals surface area contributed by atoms with Crippen LogP contribution in [0.5, 0.6) is 0 Å². The second-order valence-electron chi connectivity index (χ2n) is 8.95. The number of carbonyl (C=O) groups is 2. The van der Waals surface area contributed by atoms with Gasteiger partial charge >= 0.3 is 6.03 Å². The SMILES string of the molecule is Cc1cccc(NC(=O)N2CCC[C@H](C(=O)N3CCC[C@@H](N4CCCS4(=O)=O)C3)C2)c1. The number of hydrogen-bond donors (Lipinski definition) is 1. The molecule has 3 aliphatic heterocycles. The van der Waals surface area contributed by atoms with Crippen LogP contribution in [0.2, 0.25) is 0 Å². The van der Waals surface area contributed by atoms with Crippen LogP contribution in [0.15, 0.2) is 24.3 Å². The normalized spacial score (nSPS) is 26.6. The molecule has 0 bridgehead atoms. The number of likely N-dealkylation sites (tertiary alicyclic amines) is 2. The van der Waals surface area contributed by atoms with Gasteiger partial charge in [-0.25, -0.2) is 13.2 Å². The lowest BCUT2D eigenvalue weighted by atomic mass is 9.95. The van der Waals surface area contributed by atoms with Gasteiger partial charge in [-0.05, 0) is 56.7 Å². The summed E-state index contributed by atoms with van der Waals surface area (Å²) in [7, 11) is -3.18. The number of aryl methyl sites for hydroxylation is 1. The van der Waals surface area contributed by atoms with Crippen LogP contribution < -0.4 is 5.32 Å². The molecule has 0 aliphatic carbocycles. The molecule has 3 heterocycles. The first-order valence-corrected chi connectivity index (χ1v) is 12.9. The van der Waals surface area contributed by atoms with Crippen LogP contribution in [-0.2, 0) is 14.8 Å². The third-order valence-corrected chi connectivity index (χ3v) is 8.58. The van der Waals surface area contributed by atoms with Gasteiger partial charge in [-0.2, -0.15) is 4.31 Å². The smallest absolute Gasteiger partial charge is 0.321 e. The first-order chi connectivity index (χ1) is 14.8. The first-order valence-electron chi connectivity index (χ1n) is 11.2. The number of piperidine rings is 2. The molecule has 0 saturated carbocycles. The lowest BCUT2D eigenvalue weighted by Crippen LogP contribution is -2.53. The van der Waals surface area contributed by atoms with E-state index in [0.717, 1.165) is 36.9 Å². The fourth-order valence-corrected chi connectivity index (χ4v) is 6.77. The van der Waals surface area contributed by atoms with E-state index in [0.29, 0.717) is 39.1 Å². The van der Waals surface area contributed by atoms with Crippen molar-refractivity contribution in [1.29, 1.82) is 0 Å². The van der Waals surface area contributed by atoms with Crippen LogP contribution >= 0.6 is 0 Å². The maximum atomic E-state index is 13.2. The molecule has 3 aliphatic rings. The quantitative estimate of drug-likeness (QED) is 0.768. The average molecular weight is 449 g/mol. The number of hydrogen-bond acceptors (Lipinski definition) is 4. The van der Waals surface area contributed by atoms with Crippen LogP contribution in [0.4, 0.5) is 10.5 Å². The predicted octanol–water partition coefficient (Wildman–Crippen LogP) is 2.27. The van der Waals surface area contributed by atoms with Gasteiger partial charge in [-0.1, -0.05) is 12.1 Å². The van der Waals surface area contributed by atoms with E-state index in [1.807, 2.05) is 36.1 Å². The molecule has 3 saturated heterocycles. The summed E-state index contributed by atoms with van der Waals surface area (Å²) < 4.78 is 26.2. The molecule has 0 radical (unpaired) electrons. The number of amides is 3. The van der Waals surface area contributed by atoms with Gasteiger partial charge in [-0.3, -0.25) is 4.79 Å². The second-order valence-corrected chi connectivity index (χ2v) is 11.0. The van der Waals surface area contributed by atoms with E-state index in [-0.39, 0.29) is 29.7 Å². The summed E-state index contributed by atoms with van der Waals surface area (Å²) in [6.45, 7) is 4.70. The lowest BCUT2D eigenvalue weighted by Gasteiger charge is -2.40. The van der Waals surface area contributed by atoms with E-state index in [2.05, 4.69) is 5.32 Å². The molecule has 0 aromatic heterocycles. The molecule has 170 valence electrons. The minimum atomic E-state index is -3.18. The van der Waals surface area contributed by atoms with Crippen molar-refractivity contribution in [2.24, 2.45) is 5.92 Å². The molecule has 1 aromatic carbocycles. The summed E-state index contributed by atoms with van der Waals surface area (Å²) in [6, 6.07) is 7.37. The Morgan fingerprint density at radius 2 is 1.77 bits per heavy atom. The van der Waals surface area contributed by atoms with E-state index < -0.39 is 10.0 Å². The van der Waals surface area contributed by atoms with Crippen molar-refractivity contribution in [2.75, 3.05) is 43.8 Å². The van der Waals surface area contributed by atoms with Gasteiger partial charge in [0.05, 0.1) is 11.7 Å². The molecule has 3 amide bonds. The van der Waals surface area contributed by atoms with Crippen molar-refractivity contribution in [2.45, 2.75) is 45.1 Å². The zero-order chi connectivity index (χ0) is 22.0. The van der Waals surface area contributed by atoms with Gasteiger partial charge in [0, 0.05) is 44.5 Å². The summed E-state index contributed by atoms with van der Waals surface area (Å²) >= 11 is 0. The molecule has 4 rings (SSSR count). The predicted molar refractivity (Wildman–Crippen MR) is 119 cm³/mol. The highest BCUT2D eigenvalue weighted by Crippen LogP contribution is 2.26. The number of sulfonamides is 1. The number of nitrogens with zero attached hydrogens (tertiary/aromatic N) is 3. The molecule has 0 spiro atoms. The van der Waals surface area contributed by atoms with Gasteiger partial charge in [0.25, 0.3) is 0 Å². The van der Waals surface area contributed by atoms with Crippen molar-refractivity contribution < 1.29 is 18.0 Å². The number of benzene rings is 1. The maximum Gasteiger partial charge on any atom is 0.321 e. The van der Waals surface area contributed by atoms with E-state index in [9.17, 15) is 18.0 Å². The molecule has 1 N–H and O–H groups in total. The maximum absolute atomic E-state index is 13.2. The van der Waals surface area contributed by atoms with Crippen LogP contribution in [0.3, 0.4) is 0 Å². The van der Waals surface area contributed by atoms with Gasteiger partial charge in [0.15, 0.2) is 0 Å². The van der Waals surface area contributed by atoms with E-state index >= 15 is 0 Å². The Balaban J connectivity index is 1.36. The Morgan fingerprint density at radius 1 is 1.00 bits per heavy atom. The van der Waals surface area contributed by atoms with Crippen molar-refractivity contribution in [3.63, 3.8) is 0 Å². The first kappa shape index (κ1) is 22.1. The molecule has 31 heavy (non-hydrogen) atoms. The summed E-state index contributed by atoms with van der Waals surface area (Å²) in [5, 5.41) is 2.93. The van der Waals surface area contributed by atoms with Crippen molar-refractivity contribution in [3.05, 3.63) is 29.8 Å². The number of nitrogens with one attached hydrogen (secondary N) is 1. The molecular formula is C22H32N4O4S. The molecular weight excluding hydrogens is 416 g/mol. The Kier molecular flexibility index (Phi) is 6.52. The number of urea groups is 1. The summed E-state index contributed by atoms with van der Waals surface area (Å²) in [5.74, 6) is 0.0331. The topological polar surface area (TPSA) is 90.0 Å². The summed E-state index contributed by atoms with van der Waals surface area (Å²) in [5.41, 5.74) is 1.83. The van der Waals surface area contributed by atoms with Crippen molar-refractivity contribution in [1.82, 2.24) is 14.1 Å². The standard InChI is InChI=1S/C22H32N4O4S/c1-17-6-2-8-19(14-17)23-22(28)25-11-3-7-18(15-25)21(27)24-10-4-9-20(16-24)26-12-5-13-31(26,29)30/h2,6,8,14,18,20H,3-5,7,9-13,15-16H2,1H3,(H,23,28)/t18-,20+/m0/s1. The highest BCUT2D eigenvalue weighted by molar-refractivity contribution is 7.89. The summed E-state index contributed by atoms with van der Waals surface area (Å²) in [6.07, 6.45) is 3.83. The Hall–Kier alpha value is -2.13. The Labute approximate surface area is 184 Å². The molecule has 1 aromatic rings.